The van der Waals surface area contributed by atoms with Crippen LogP contribution in [-0.2, 0) is 0 Å². The maximum Gasteiger partial charge on any atom is 0.573 e. The predicted molar refractivity (Wildman–Crippen MR) is 84.9 cm³/mol. The molecule has 0 unspecified atom stereocenters. The van der Waals surface area contributed by atoms with Gasteiger partial charge in [0.05, 0.1) is 17.6 Å². The van der Waals surface area contributed by atoms with E-state index in [1.165, 1.54) is 19.1 Å². The number of hydrogen-bond donors (Lipinski definition) is 1. The molecule has 0 atom stereocenters. The molecule has 0 aliphatic heterocycles. The molecule has 2 aromatic rings. The number of hydrazone groups is 1. The molecule has 0 amide bonds. The molecule has 140 valence electrons. The second kappa shape index (κ2) is 7.48. The third kappa shape index (κ3) is 5.58. The molecule has 0 saturated carbocycles. The standard InChI is InChI=1S/C14H9BrF6N4O/c1-7-11(8-2-4-9(5-3-8)26-14(19,20)21)22-6-10(23-7)24-25-12(15)13(16,17)18/h2-6H,1H3,(H,23,24). The van der Waals surface area contributed by atoms with Gasteiger partial charge in [-0.1, -0.05) is 0 Å². The first kappa shape index (κ1) is 19.9. The number of nitrogens with one attached hydrogen (secondary N) is 1. The molecular formula is C14H9BrF6N4O. The summed E-state index contributed by atoms with van der Waals surface area (Å²) < 4.78 is 75.9. The highest BCUT2D eigenvalue weighted by molar-refractivity contribution is 9.18. The fourth-order valence-electron chi connectivity index (χ4n) is 1.80. The summed E-state index contributed by atoms with van der Waals surface area (Å²) >= 11 is 2.28. The smallest absolute Gasteiger partial charge is 0.406 e. The van der Waals surface area contributed by atoms with Crippen molar-refractivity contribution in [3.8, 4) is 17.0 Å². The van der Waals surface area contributed by atoms with Crippen LogP contribution in [0.15, 0.2) is 35.6 Å². The molecule has 26 heavy (non-hydrogen) atoms. The fraction of sp³-hybridized carbons (Fsp3) is 0.214. The topological polar surface area (TPSA) is 59.4 Å². The van der Waals surface area contributed by atoms with Crippen molar-refractivity contribution in [3.63, 3.8) is 0 Å². The van der Waals surface area contributed by atoms with Gasteiger partial charge in [0.25, 0.3) is 0 Å². The minimum atomic E-state index is -4.80. The minimum absolute atomic E-state index is 0.0375. The van der Waals surface area contributed by atoms with Crippen LogP contribution in [0.25, 0.3) is 11.3 Å². The van der Waals surface area contributed by atoms with E-state index in [0.29, 0.717) is 17.0 Å². The Morgan fingerprint density at radius 1 is 1.12 bits per heavy atom. The predicted octanol–water partition coefficient (Wildman–Crippen LogP) is 5.03. The van der Waals surface area contributed by atoms with Gasteiger partial charge in [0, 0.05) is 5.56 Å². The molecule has 0 fully saturated rings. The van der Waals surface area contributed by atoms with Gasteiger partial charge in [-0.2, -0.15) is 18.3 Å². The van der Waals surface area contributed by atoms with Crippen molar-refractivity contribution in [3.05, 3.63) is 36.2 Å². The van der Waals surface area contributed by atoms with Gasteiger partial charge in [0.1, 0.15) is 5.75 Å². The van der Waals surface area contributed by atoms with Crippen LogP contribution in [0.3, 0.4) is 0 Å². The molecule has 0 bridgehead atoms. The zero-order valence-corrected chi connectivity index (χ0v) is 14.4. The summed E-state index contributed by atoms with van der Waals surface area (Å²) in [5.41, 5.74) is 3.23. The molecular weight excluding hydrogens is 434 g/mol. The van der Waals surface area contributed by atoms with Gasteiger partial charge < -0.3 is 4.74 Å². The highest BCUT2D eigenvalue weighted by Crippen LogP contribution is 2.27. The maximum absolute atomic E-state index is 12.3. The Bertz CT molecular complexity index is 805. The zero-order valence-electron chi connectivity index (χ0n) is 12.8. The van der Waals surface area contributed by atoms with E-state index in [1.54, 1.807) is 0 Å². The number of alkyl halides is 6. The zero-order chi connectivity index (χ0) is 19.5. The van der Waals surface area contributed by atoms with Gasteiger partial charge in [0.15, 0.2) is 5.82 Å². The van der Waals surface area contributed by atoms with Crippen LogP contribution < -0.4 is 10.2 Å². The van der Waals surface area contributed by atoms with Gasteiger partial charge in [-0.15, -0.1) is 13.2 Å². The van der Waals surface area contributed by atoms with Crippen molar-refractivity contribution >= 4 is 26.4 Å². The van der Waals surface area contributed by atoms with Crippen molar-refractivity contribution in [2.24, 2.45) is 5.10 Å². The average Bonchev–Trinajstić information content (AvgIpc) is 2.51. The maximum atomic E-state index is 12.3. The van der Waals surface area contributed by atoms with Crippen LogP contribution in [0.1, 0.15) is 5.69 Å². The van der Waals surface area contributed by atoms with Gasteiger partial charge >= 0.3 is 12.5 Å². The van der Waals surface area contributed by atoms with Crippen LogP contribution >= 0.6 is 15.9 Å². The molecule has 0 saturated heterocycles. The second-order valence-corrected chi connectivity index (χ2v) is 5.52. The molecule has 0 spiro atoms. The largest absolute Gasteiger partial charge is 0.573 e. The van der Waals surface area contributed by atoms with Gasteiger partial charge in [-0.3, -0.25) is 10.4 Å². The van der Waals surface area contributed by atoms with E-state index in [-0.39, 0.29) is 5.82 Å². The first-order valence-corrected chi connectivity index (χ1v) is 7.51. The number of halogens is 7. The lowest BCUT2D eigenvalue weighted by atomic mass is 10.1. The number of anilines is 1. The Hall–Kier alpha value is -2.37. The summed E-state index contributed by atoms with van der Waals surface area (Å²) in [5.74, 6) is -0.430. The monoisotopic (exact) mass is 442 g/mol. The van der Waals surface area contributed by atoms with Gasteiger partial charge in [-0.25, -0.2) is 4.98 Å². The van der Waals surface area contributed by atoms with E-state index >= 15 is 0 Å². The summed E-state index contributed by atoms with van der Waals surface area (Å²) in [4.78, 5) is 8.04. The normalized spacial score (nSPS) is 12.8. The number of ether oxygens (including phenoxy) is 1. The van der Waals surface area contributed by atoms with E-state index in [0.717, 1.165) is 18.3 Å². The second-order valence-electron chi connectivity index (χ2n) is 4.77. The summed E-state index contributed by atoms with van der Waals surface area (Å²) in [5, 5.41) is 3.09. The first-order chi connectivity index (χ1) is 12.0. The van der Waals surface area contributed by atoms with Gasteiger partial charge in [-0.05, 0) is 47.1 Å². The molecule has 0 aliphatic rings. The highest BCUT2D eigenvalue weighted by atomic mass is 79.9. The number of nitrogens with zero attached hydrogens (tertiary/aromatic N) is 3. The molecule has 1 aromatic carbocycles. The highest BCUT2D eigenvalue weighted by Gasteiger charge is 2.34. The molecule has 1 N–H and O–H groups in total. The Morgan fingerprint density at radius 3 is 2.23 bits per heavy atom. The number of hydrogen-bond acceptors (Lipinski definition) is 5. The Morgan fingerprint density at radius 2 is 1.73 bits per heavy atom. The van der Waals surface area contributed by atoms with E-state index < -0.39 is 22.9 Å². The van der Waals surface area contributed by atoms with Crippen molar-refractivity contribution < 1.29 is 31.1 Å². The third-order valence-corrected chi connectivity index (χ3v) is 3.44. The van der Waals surface area contributed by atoms with Crippen molar-refractivity contribution in [2.75, 3.05) is 5.43 Å². The van der Waals surface area contributed by atoms with Crippen molar-refractivity contribution in [2.45, 2.75) is 19.5 Å². The van der Waals surface area contributed by atoms with Crippen LogP contribution in [0, 0.1) is 6.92 Å². The van der Waals surface area contributed by atoms with E-state index in [4.69, 9.17) is 0 Å². The fourth-order valence-corrected chi connectivity index (χ4v) is 1.89. The number of aryl methyl sites for hydroxylation is 1. The summed E-state index contributed by atoms with van der Waals surface area (Å²) in [6, 6.07) is 4.93. The summed E-state index contributed by atoms with van der Waals surface area (Å²) in [6.45, 7) is 1.54. The Labute approximate surface area is 151 Å². The molecule has 5 nitrogen and oxygen atoms in total. The van der Waals surface area contributed by atoms with Crippen LogP contribution in [0.4, 0.5) is 32.2 Å². The molecule has 0 aliphatic carbocycles. The average molecular weight is 443 g/mol. The molecule has 1 aromatic heterocycles. The molecule has 12 heteroatoms. The number of rotatable bonds is 4. The summed E-state index contributed by atoms with van der Waals surface area (Å²) in [7, 11) is 0. The Kier molecular flexibility index (Phi) is 5.74. The number of benzene rings is 1. The lowest BCUT2D eigenvalue weighted by molar-refractivity contribution is -0.274. The SMILES string of the molecule is Cc1nc(NN=C(Br)C(F)(F)F)cnc1-c1ccc(OC(F)(F)F)cc1. The van der Waals surface area contributed by atoms with E-state index in [1.807, 2.05) is 0 Å². The van der Waals surface area contributed by atoms with Crippen molar-refractivity contribution in [1.82, 2.24) is 9.97 Å². The number of aromatic nitrogens is 2. The lowest BCUT2D eigenvalue weighted by Gasteiger charge is -2.10. The molecule has 1 heterocycles. The van der Waals surface area contributed by atoms with E-state index in [9.17, 15) is 26.3 Å². The minimum Gasteiger partial charge on any atom is -0.406 e. The third-order valence-electron chi connectivity index (χ3n) is 2.81. The van der Waals surface area contributed by atoms with Gasteiger partial charge in [0.2, 0.25) is 4.62 Å². The van der Waals surface area contributed by atoms with Crippen LogP contribution in [0.5, 0.6) is 5.75 Å². The molecule has 0 radical (unpaired) electrons. The van der Waals surface area contributed by atoms with Crippen LogP contribution in [-0.4, -0.2) is 27.1 Å². The first-order valence-electron chi connectivity index (χ1n) is 6.72. The quantitative estimate of drug-likeness (QED) is 0.409. The lowest BCUT2D eigenvalue weighted by Crippen LogP contribution is -2.18. The summed E-state index contributed by atoms with van der Waals surface area (Å²) in [6.07, 6.45) is -8.30. The Balaban J connectivity index is 2.17. The van der Waals surface area contributed by atoms with Crippen molar-refractivity contribution in [1.29, 1.82) is 0 Å². The molecule has 2 rings (SSSR count). The van der Waals surface area contributed by atoms with Crippen LogP contribution in [0.2, 0.25) is 0 Å². The van der Waals surface area contributed by atoms with E-state index in [2.05, 4.69) is 41.2 Å².